The van der Waals surface area contributed by atoms with E-state index in [1.807, 2.05) is 6.92 Å². The number of fused-ring (bicyclic) bond motifs is 5. The van der Waals surface area contributed by atoms with Crippen LogP contribution in [0.3, 0.4) is 0 Å². The Morgan fingerprint density at radius 2 is 1.68 bits per heavy atom. The normalized spacial score (nSPS) is 34.9. The molecule has 0 radical (unpaired) electrons. The van der Waals surface area contributed by atoms with E-state index in [-0.39, 0.29) is 48.2 Å². The summed E-state index contributed by atoms with van der Waals surface area (Å²) in [7, 11) is 0. The van der Waals surface area contributed by atoms with Crippen molar-refractivity contribution in [1.29, 1.82) is 0 Å². The zero-order chi connectivity index (χ0) is 35.1. The van der Waals surface area contributed by atoms with E-state index >= 15 is 0 Å². The summed E-state index contributed by atoms with van der Waals surface area (Å²) in [6.07, 6.45) is 2.42. The molecular weight excluding hydrogens is 612 g/mol. The van der Waals surface area contributed by atoms with E-state index in [1.54, 1.807) is 19.9 Å². The van der Waals surface area contributed by atoms with Crippen molar-refractivity contribution in [3.8, 4) is 0 Å². The molecule has 4 rings (SSSR count). The predicted octanol–water partition coefficient (Wildman–Crippen LogP) is 1.20. The van der Waals surface area contributed by atoms with Crippen molar-refractivity contribution in [3.05, 3.63) is 11.6 Å². The zero-order valence-corrected chi connectivity index (χ0v) is 27.9. The van der Waals surface area contributed by atoms with Crippen molar-refractivity contribution in [2.75, 3.05) is 6.61 Å². The summed E-state index contributed by atoms with van der Waals surface area (Å²) in [6, 6.07) is -2.70. The Labute approximate surface area is 274 Å². The van der Waals surface area contributed by atoms with Crippen molar-refractivity contribution >= 4 is 35.3 Å². The summed E-state index contributed by atoms with van der Waals surface area (Å²) in [5, 5.41) is 46.9. The molecule has 0 spiro atoms. The molecule has 3 saturated carbocycles. The number of aliphatic hydroxyl groups excluding tert-OH is 2. The fourth-order valence-corrected chi connectivity index (χ4v) is 9.12. The lowest BCUT2D eigenvalue weighted by atomic mass is 9.45. The molecular formula is C34H50N2O11. The first kappa shape index (κ1) is 36.7. The average Bonchev–Trinajstić information content (AvgIpc) is 3.26. The van der Waals surface area contributed by atoms with Crippen LogP contribution in [0.25, 0.3) is 0 Å². The van der Waals surface area contributed by atoms with Gasteiger partial charge in [-0.3, -0.25) is 24.0 Å². The van der Waals surface area contributed by atoms with Crippen molar-refractivity contribution in [2.24, 2.45) is 34.5 Å². The molecule has 0 heterocycles. The van der Waals surface area contributed by atoms with Crippen molar-refractivity contribution < 1.29 is 53.9 Å². The van der Waals surface area contributed by atoms with Crippen molar-refractivity contribution in [1.82, 2.24) is 10.6 Å². The molecule has 4 aliphatic rings. The molecule has 0 aromatic rings. The Morgan fingerprint density at radius 1 is 1.00 bits per heavy atom. The molecule has 13 heteroatoms. The second-order valence-corrected chi connectivity index (χ2v) is 14.9. The van der Waals surface area contributed by atoms with Gasteiger partial charge in [-0.05, 0) is 80.6 Å². The van der Waals surface area contributed by atoms with Gasteiger partial charge in [0.1, 0.15) is 11.6 Å². The van der Waals surface area contributed by atoms with Crippen LogP contribution >= 0.6 is 0 Å². The van der Waals surface area contributed by atoms with E-state index in [0.717, 1.165) is 18.4 Å². The molecule has 0 aliphatic heterocycles. The van der Waals surface area contributed by atoms with E-state index in [1.165, 1.54) is 6.92 Å². The van der Waals surface area contributed by atoms with Crippen LogP contribution in [0, 0.1) is 34.5 Å². The van der Waals surface area contributed by atoms with E-state index in [0.29, 0.717) is 19.3 Å². The van der Waals surface area contributed by atoms with Crippen LogP contribution in [0.15, 0.2) is 11.6 Å². The first-order valence-electron chi connectivity index (χ1n) is 16.7. The first-order chi connectivity index (χ1) is 21.9. The first-order valence-corrected chi connectivity index (χ1v) is 16.7. The second-order valence-electron chi connectivity index (χ2n) is 14.9. The fourth-order valence-electron chi connectivity index (χ4n) is 9.12. The molecule has 4 aliphatic carbocycles. The standard InChI is InChI=1S/C34H50N2O11/c1-17(2)28(30(43)36-29(18(3)37)31(44)45)35-25(41)8-9-26(42)47-16-24(40)34(46)13-11-22-21-7-6-19-14-20(38)10-12-32(19,4)27(21)23(39)15-33(22,34)5/h14,17-18,21-23,27-29,37,39,46H,6-13,15-16H2,1-5H3,(H,35,41)(H,36,43)(H,44,45)/t18-,21-,22+,23+,27-,28-,29+,32-,33-,34-/m0/s1. The number of carbonyl (C=O) groups excluding carboxylic acids is 5. The van der Waals surface area contributed by atoms with Gasteiger partial charge in [-0.2, -0.15) is 0 Å². The van der Waals surface area contributed by atoms with Gasteiger partial charge in [0.05, 0.1) is 18.6 Å². The molecule has 6 N–H and O–H groups in total. The lowest BCUT2D eigenvalue weighted by molar-refractivity contribution is -0.184. The van der Waals surface area contributed by atoms with Gasteiger partial charge >= 0.3 is 11.9 Å². The quantitative estimate of drug-likeness (QED) is 0.163. The molecule has 3 fully saturated rings. The van der Waals surface area contributed by atoms with Gasteiger partial charge in [0.15, 0.2) is 18.4 Å². The van der Waals surface area contributed by atoms with E-state index in [4.69, 9.17) is 4.74 Å². The summed E-state index contributed by atoms with van der Waals surface area (Å²) < 4.78 is 5.19. The minimum absolute atomic E-state index is 0.0299. The Balaban J connectivity index is 1.32. The number of carboxylic acid groups (broad SMARTS) is 1. The number of carboxylic acids is 1. The van der Waals surface area contributed by atoms with Crippen molar-refractivity contribution in [3.63, 3.8) is 0 Å². The Hall–Kier alpha value is -3.16. The van der Waals surface area contributed by atoms with Crippen LogP contribution in [0.2, 0.25) is 0 Å². The highest BCUT2D eigenvalue weighted by Gasteiger charge is 2.68. The zero-order valence-electron chi connectivity index (χ0n) is 27.9. The van der Waals surface area contributed by atoms with Gasteiger partial charge in [0.25, 0.3) is 0 Å². The number of aliphatic carboxylic acids is 1. The van der Waals surface area contributed by atoms with Crippen LogP contribution < -0.4 is 10.6 Å². The third-order valence-corrected chi connectivity index (χ3v) is 11.7. The smallest absolute Gasteiger partial charge is 0.328 e. The lowest BCUT2D eigenvalue weighted by Crippen LogP contribution is -2.62. The topological polar surface area (TPSA) is 217 Å². The summed E-state index contributed by atoms with van der Waals surface area (Å²) in [5.74, 6) is -4.79. The minimum atomic E-state index is -1.81. The highest BCUT2D eigenvalue weighted by Crippen LogP contribution is 2.67. The van der Waals surface area contributed by atoms with Crippen LogP contribution in [-0.4, -0.2) is 92.2 Å². The number of amides is 2. The molecule has 0 unspecified atom stereocenters. The molecule has 10 atom stereocenters. The number of Topliss-reactive ketones (excluding diaryl/α,β-unsaturated/α-hetero) is 1. The van der Waals surface area contributed by atoms with Gasteiger partial charge in [0, 0.05) is 18.3 Å². The molecule has 0 bridgehead atoms. The Kier molecular flexibility index (Phi) is 10.7. The molecule has 0 aromatic carbocycles. The number of nitrogens with one attached hydrogen (secondary N) is 2. The summed E-state index contributed by atoms with van der Waals surface area (Å²) in [5.41, 5.74) is -1.95. The van der Waals surface area contributed by atoms with Crippen LogP contribution in [0.1, 0.15) is 92.4 Å². The number of hydrogen-bond acceptors (Lipinski definition) is 10. The third kappa shape index (κ3) is 6.89. The fraction of sp³-hybridized carbons (Fsp3) is 0.765. The maximum atomic E-state index is 13.5. The number of esters is 1. The van der Waals surface area contributed by atoms with Gasteiger partial charge in [-0.25, -0.2) is 4.79 Å². The summed E-state index contributed by atoms with van der Waals surface area (Å²) >= 11 is 0. The number of ether oxygens (including phenoxy) is 1. The van der Waals surface area contributed by atoms with Crippen LogP contribution in [0.4, 0.5) is 0 Å². The molecule has 262 valence electrons. The van der Waals surface area contributed by atoms with Crippen LogP contribution in [0.5, 0.6) is 0 Å². The van der Waals surface area contributed by atoms with Crippen LogP contribution in [-0.2, 0) is 33.5 Å². The number of carbonyl (C=O) groups is 6. The highest BCUT2D eigenvalue weighted by molar-refractivity contribution is 5.93. The van der Waals surface area contributed by atoms with Gasteiger partial charge < -0.3 is 35.8 Å². The maximum Gasteiger partial charge on any atom is 0.328 e. The van der Waals surface area contributed by atoms with Crippen molar-refractivity contribution in [2.45, 2.75) is 122 Å². The van der Waals surface area contributed by atoms with E-state index in [9.17, 15) is 49.2 Å². The molecule has 47 heavy (non-hydrogen) atoms. The maximum absolute atomic E-state index is 13.5. The van der Waals surface area contributed by atoms with Gasteiger partial charge in [0.2, 0.25) is 17.6 Å². The lowest BCUT2D eigenvalue weighted by Gasteiger charge is -2.60. The number of hydrogen-bond donors (Lipinski definition) is 6. The number of allylic oxidation sites excluding steroid dienone is 1. The largest absolute Gasteiger partial charge is 0.480 e. The predicted molar refractivity (Wildman–Crippen MR) is 166 cm³/mol. The Bertz CT molecular complexity index is 1330. The van der Waals surface area contributed by atoms with Gasteiger partial charge in [-0.1, -0.05) is 33.3 Å². The Morgan fingerprint density at radius 3 is 2.30 bits per heavy atom. The molecule has 13 nitrogen and oxygen atoms in total. The van der Waals surface area contributed by atoms with E-state index < -0.39 is 83.8 Å². The average molecular weight is 663 g/mol. The molecule has 0 aromatic heterocycles. The summed E-state index contributed by atoms with van der Waals surface area (Å²) in [6.45, 7) is 7.75. The SMILES string of the molecule is CC(C)[C@H](NC(=O)CCC(=O)OCC(=O)[C@@]1(O)CC[C@@H]2[C@@H]3CCC4=CC(=O)CC[C@]4(C)[C@@H]3[C@H](O)C[C@@]21C)C(=O)N[C@@H](C(=O)O)[C@H](C)O. The highest BCUT2D eigenvalue weighted by atomic mass is 16.5. The summed E-state index contributed by atoms with van der Waals surface area (Å²) in [4.78, 5) is 74.7. The number of ketones is 2. The monoisotopic (exact) mass is 662 g/mol. The van der Waals surface area contributed by atoms with E-state index in [2.05, 4.69) is 17.6 Å². The second kappa shape index (κ2) is 13.8. The minimum Gasteiger partial charge on any atom is -0.480 e. The number of rotatable bonds is 12. The van der Waals surface area contributed by atoms with Gasteiger partial charge in [-0.15, -0.1) is 0 Å². The molecule has 2 amide bonds. The third-order valence-electron chi connectivity index (χ3n) is 11.7. The number of aliphatic hydroxyl groups is 3. The molecule has 0 saturated heterocycles.